The van der Waals surface area contributed by atoms with Crippen LogP contribution in [-0.4, -0.2) is 37.3 Å². The Morgan fingerprint density at radius 2 is 2.08 bits per heavy atom. The molecule has 0 amide bonds. The Kier molecular flexibility index (Phi) is 4.65. The monoisotopic (exact) mass is 323 g/mol. The van der Waals surface area contributed by atoms with Gasteiger partial charge in [-0.25, -0.2) is 0 Å². The summed E-state index contributed by atoms with van der Waals surface area (Å²) in [6, 6.07) is 13.4. The van der Waals surface area contributed by atoms with Gasteiger partial charge >= 0.3 is 0 Å². The summed E-state index contributed by atoms with van der Waals surface area (Å²) in [4.78, 5) is 6.81. The highest BCUT2D eigenvalue weighted by Crippen LogP contribution is 2.31. The SMILES string of the molecule is c1ccc(C2CCN(c3cncc(OC[C@@H]4CCCN4)c3)C2)cc1. The van der Waals surface area contributed by atoms with E-state index >= 15 is 0 Å². The molecule has 2 aliphatic rings. The average Bonchev–Trinajstić information content (AvgIpc) is 3.33. The first-order chi connectivity index (χ1) is 11.9. The molecule has 2 saturated heterocycles. The number of hydrogen-bond donors (Lipinski definition) is 1. The summed E-state index contributed by atoms with van der Waals surface area (Å²) in [6.07, 6.45) is 7.43. The summed E-state index contributed by atoms with van der Waals surface area (Å²) in [5, 5.41) is 3.46. The van der Waals surface area contributed by atoms with E-state index in [0.29, 0.717) is 12.0 Å². The number of rotatable bonds is 5. The number of nitrogens with one attached hydrogen (secondary N) is 1. The summed E-state index contributed by atoms with van der Waals surface area (Å²) in [7, 11) is 0. The van der Waals surface area contributed by atoms with Crippen molar-refractivity contribution in [2.75, 3.05) is 31.1 Å². The van der Waals surface area contributed by atoms with Gasteiger partial charge in [-0.2, -0.15) is 0 Å². The van der Waals surface area contributed by atoms with Gasteiger partial charge in [0, 0.05) is 31.1 Å². The minimum absolute atomic E-state index is 0.489. The van der Waals surface area contributed by atoms with E-state index < -0.39 is 0 Å². The van der Waals surface area contributed by atoms with E-state index in [4.69, 9.17) is 4.74 Å². The first-order valence-electron chi connectivity index (χ1n) is 8.99. The zero-order valence-electron chi connectivity index (χ0n) is 14.0. The predicted molar refractivity (Wildman–Crippen MR) is 96.8 cm³/mol. The average molecular weight is 323 g/mol. The van der Waals surface area contributed by atoms with Gasteiger partial charge in [0.15, 0.2) is 0 Å². The van der Waals surface area contributed by atoms with Crippen LogP contribution in [0.3, 0.4) is 0 Å². The fraction of sp³-hybridized carbons (Fsp3) is 0.450. The molecule has 0 aliphatic carbocycles. The largest absolute Gasteiger partial charge is 0.490 e. The molecule has 2 aliphatic heterocycles. The molecule has 3 heterocycles. The molecular weight excluding hydrogens is 298 g/mol. The Hall–Kier alpha value is -2.07. The van der Waals surface area contributed by atoms with Gasteiger partial charge in [-0.15, -0.1) is 0 Å². The molecule has 1 N–H and O–H groups in total. The third-order valence-electron chi connectivity index (χ3n) is 5.14. The maximum Gasteiger partial charge on any atom is 0.139 e. The number of pyridine rings is 1. The molecule has 2 atom stereocenters. The van der Waals surface area contributed by atoms with E-state index in [1.165, 1.54) is 30.5 Å². The second-order valence-corrected chi connectivity index (χ2v) is 6.83. The van der Waals surface area contributed by atoms with Crippen LogP contribution in [0, 0.1) is 0 Å². The fourth-order valence-corrected chi connectivity index (χ4v) is 3.75. The van der Waals surface area contributed by atoms with Crippen LogP contribution in [0.15, 0.2) is 48.8 Å². The minimum Gasteiger partial charge on any atom is -0.490 e. The minimum atomic E-state index is 0.489. The molecule has 2 aromatic rings. The van der Waals surface area contributed by atoms with Gasteiger partial charge < -0.3 is 15.0 Å². The summed E-state index contributed by atoms with van der Waals surface area (Å²) < 4.78 is 5.95. The molecule has 4 heteroatoms. The quantitative estimate of drug-likeness (QED) is 0.917. The van der Waals surface area contributed by atoms with Gasteiger partial charge in [-0.05, 0) is 31.4 Å². The maximum atomic E-state index is 5.95. The zero-order valence-corrected chi connectivity index (χ0v) is 14.0. The van der Waals surface area contributed by atoms with Crippen LogP contribution in [0.4, 0.5) is 5.69 Å². The highest BCUT2D eigenvalue weighted by molar-refractivity contribution is 5.50. The number of hydrogen-bond acceptors (Lipinski definition) is 4. The van der Waals surface area contributed by atoms with Gasteiger partial charge in [0.25, 0.3) is 0 Å². The molecule has 2 fully saturated rings. The number of anilines is 1. The highest BCUT2D eigenvalue weighted by atomic mass is 16.5. The third kappa shape index (κ3) is 3.54. The Morgan fingerprint density at radius 1 is 1.17 bits per heavy atom. The Balaban J connectivity index is 1.38. The maximum absolute atomic E-state index is 5.95. The molecule has 0 saturated carbocycles. The van der Waals surface area contributed by atoms with E-state index in [9.17, 15) is 0 Å². The second-order valence-electron chi connectivity index (χ2n) is 6.83. The van der Waals surface area contributed by atoms with Crippen molar-refractivity contribution < 1.29 is 4.74 Å². The van der Waals surface area contributed by atoms with Crippen molar-refractivity contribution in [2.24, 2.45) is 0 Å². The molecule has 4 nitrogen and oxygen atoms in total. The lowest BCUT2D eigenvalue weighted by Crippen LogP contribution is -2.28. The summed E-state index contributed by atoms with van der Waals surface area (Å²) >= 11 is 0. The number of aromatic nitrogens is 1. The van der Waals surface area contributed by atoms with Gasteiger partial charge in [-0.3, -0.25) is 4.98 Å². The van der Waals surface area contributed by atoms with Crippen molar-refractivity contribution in [3.8, 4) is 5.75 Å². The number of nitrogens with zero attached hydrogens (tertiary/aromatic N) is 2. The molecule has 24 heavy (non-hydrogen) atoms. The van der Waals surface area contributed by atoms with Crippen molar-refractivity contribution in [1.29, 1.82) is 0 Å². The molecule has 0 spiro atoms. The number of ether oxygens (including phenoxy) is 1. The standard InChI is InChI=1S/C20H25N3O/c1-2-5-16(6-3-1)17-8-10-23(14-17)19-11-20(13-21-12-19)24-15-18-7-4-9-22-18/h1-3,5-6,11-13,17-18,22H,4,7-10,14-15H2/t17?,18-/m0/s1. The van der Waals surface area contributed by atoms with Crippen molar-refractivity contribution in [2.45, 2.75) is 31.2 Å². The van der Waals surface area contributed by atoms with Crippen LogP contribution in [0.1, 0.15) is 30.7 Å². The van der Waals surface area contributed by atoms with Crippen molar-refractivity contribution in [3.05, 3.63) is 54.4 Å². The van der Waals surface area contributed by atoms with Crippen molar-refractivity contribution >= 4 is 5.69 Å². The predicted octanol–water partition coefficient (Wildman–Crippen LogP) is 3.21. The summed E-state index contributed by atoms with van der Waals surface area (Å²) in [6.45, 7) is 3.98. The first kappa shape index (κ1) is 15.5. The van der Waals surface area contributed by atoms with E-state index in [2.05, 4.69) is 51.6 Å². The molecule has 4 rings (SSSR count). The molecule has 1 aromatic heterocycles. The van der Waals surface area contributed by atoms with Gasteiger partial charge in [0.2, 0.25) is 0 Å². The molecular formula is C20H25N3O. The first-order valence-corrected chi connectivity index (χ1v) is 8.99. The van der Waals surface area contributed by atoms with Crippen LogP contribution in [0.25, 0.3) is 0 Å². The van der Waals surface area contributed by atoms with Crippen LogP contribution < -0.4 is 15.0 Å². The van der Waals surface area contributed by atoms with Crippen molar-refractivity contribution in [1.82, 2.24) is 10.3 Å². The molecule has 1 aromatic carbocycles. The second kappa shape index (κ2) is 7.22. The van der Waals surface area contributed by atoms with Crippen LogP contribution in [0.2, 0.25) is 0 Å². The zero-order chi connectivity index (χ0) is 16.2. The van der Waals surface area contributed by atoms with Crippen molar-refractivity contribution in [3.63, 3.8) is 0 Å². The van der Waals surface area contributed by atoms with Crippen LogP contribution in [0.5, 0.6) is 5.75 Å². The lowest BCUT2D eigenvalue weighted by Gasteiger charge is -2.19. The molecule has 0 radical (unpaired) electrons. The fourth-order valence-electron chi connectivity index (χ4n) is 3.75. The lowest BCUT2D eigenvalue weighted by molar-refractivity contribution is 0.276. The normalized spacial score (nSPS) is 23.6. The Bertz CT molecular complexity index is 655. The van der Waals surface area contributed by atoms with E-state index in [1.807, 2.05) is 12.4 Å². The summed E-state index contributed by atoms with van der Waals surface area (Å²) in [5.41, 5.74) is 2.61. The van der Waals surface area contributed by atoms with Crippen LogP contribution in [-0.2, 0) is 0 Å². The number of benzene rings is 1. The lowest BCUT2D eigenvalue weighted by atomic mass is 9.99. The third-order valence-corrected chi connectivity index (χ3v) is 5.14. The van der Waals surface area contributed by atoms with E-state index in [0.717, 1.165) is 32.0 Å². The molecule has 126 valence electrons. The van der Waals surface area contributed by atoms with Crippen LogP contribution >= 0.6 is 0 Å². The van der Waals surface area contributed by atoms with E-state index in [-0.39, 0.29) is 0 Å². The van der Waals surface area contributed by atoms with E-state index in [1.54, 1.807) is 0 Å². The van der Waals surface area contributed by atoms with Gasteiger partial charge in [0.1, 0.15) is 12.4 Å². The molecule has 0 bridgehead atoms. The van der Waals surface area contributed by atoms with Gasteiger partial charge in [-0.1, -0.05) is 30.3 Å². The molecule has 1 unspecified atom stereocenters. The van der Waals surface area contributed by atoms with Gasteiger partial charge in [0.05, 0.1) is 18.1 Å². The topological polar surface area (TPSA) is 37.4 Å². The summed E-state index contributed by atoms with van der Waals surface area (Å²) in [5.74, 6) is 1.49. The highest BCUT2D eigenvalue weighted by Gasteiger charge is 2.24. The Labute approximate surface area is 143 Å². The smallest absolute Gasteiger partial charge is 0.139 e. The Morgan fingerprint density at radius 3 is 2.92 bits per heavy atom.